The van der Waals surface area contributed by atoms with Crippen LogP contribution in [0.2, 0.25) is 5.02 Å². The van der Waals surface area contributed by atoms with Gasteiger partial charge in [-0.2, -0.15) is 5.10 Å². The van der Waals surface area contributed by atoms with Crippen LogP contribution >= 0.6 is 22.9 Å². The number of carbonyl (C=O) groups is 1. The van der Waals surface area contributed by atoms with Gasteiger partial charge >= 0.3 is 5.97 Å². The third-order valence-electron chi connectivity index (χ3n) is 3.76. The molecule has 0 spiro atoms. The Labute approximate surface area is 162 Å². The maximum atomic E-state index is 11.0. The van der Waals surface area contributed by atoms with E-state index in [4.69, 9.17) is 21.1 Å². The van der Waals surface area contributed by atoms with Crippen molar-refractivity contribution in [2.75, 3.05) is 5.43 Å². The van der Waals surface area contributed by atoms with Crippen molar-refractivity contribution in [2.24, 2.45) is 5.10 Å². The highest BCUT2D eigenvalue weighted by atomic mass is 35.5. The van der Waals surface area contributed by atoms with Gasteiger partial charge in [0.25, 0.3) is 0 Å². The molecule has 0 aliphatic rings. The van der Waals surface area contributed by atoms with E-state index in [1.54, 1.807) is 30.5 Å². The minimum Gasteiger partial charge on any atom is -0.478 e. The summed E-state index contributed by atoms with van der Waals surface area (Å²) in [5.74, 6) is 0.0343. The van der Waals surface area contributed by atoms with Gasteiger partial charge in [0.1, 0.15) is 11.5 Å². The first-order chi connectivity index (χ1) is 13.1. The molecule has 134 valence electrons. The standard InChI is InChI=1S/C19H12ClN3O3S/c20-14-9-11(5-7-13(14)18(24)25)16-8-6-12(26-16)10-21-23-19-22-15-3-1-2-4-17(15)27-19/h1-10H,(H,22,23)(H,24,25). The average molecular weight is 398 g/mol. The first-order valence-electron chi connectivity index (χ1n) is 7.88. The molecule has 6 nitrogen and oxygen atoms in total. The minimum atomic E-state index is -1.07. The second kappa shape index (κ2) is 7.22. The van der Waals surface area contributed by atoms with Gasteiger partial charge in [0.05, 0.1) is 27.0 Å². The van der Waals surface area contributed by atoms with Crippen LogP contribution in [0.25, 0.3) is 21.5 Å². The number of halogens is 1. The summed E-state index contributed by atoms with van der Waals surface area (Å²) in [6, 6.07) is 16.0. The predicted octanol–water partition coefficient (Wildman–Crippen LogP) is 5.35. The lowest BCUT2D eigenvalue weighted by Crippen LogP contribution is -1.96. The van der Waals surface area contributed by atoms with E-state index >= 15 is 0 Å². The van der Waals surface area contributed by atoms with Gasteiger partial charge in [-0.25, -0.2) is 9.78 Å². The lowest BCUT2D eigenvalue weighted by atomic mass is 10.1. The molecule has 0 saturated carbocycles. The van der Waals surface area contributed by atoms with E-state index in [0.29, 0.717) is 22.2 Å². The molecule has 0 atom stereocenters. The van der Waals surface area contributed by atoms with E-state index < -0.39 is 5.97 Å². The topological polar surface area (TPSA) is 87.7 Å². The molecule has 0 aliphatic carbocycles. The van der Waals surface area contributed by atoms with Crippen LogP contribution in [0.15, 0.2) is 64.1 Å². The lowest BCUT2D eigenvalue weighted by Gasteiger charge is -2.01. The van der Waals surface area contributed by atoms with Gasteiger partial charge in [0.15, 0.2) is 0 Å². The fourth-order valence-corrected chi connectivity index (χ4v) is 3.57. The number of thiazole rings is 1. The first kappa shape index (κ1) is 17.3. The Kier molecular flexibility index (Phi) is 4.62. The van der Waals surface area contributed by atoms with Gasteiger partial charge in [-0.3, -0.25) is 5.43 Å². The molecule has 0 bridgehead atoms. The number of hydrogen-bond donors (Lipinski definition) is 2. The summed E-state index contributed by atoms with van der Waals surface area (Å²) in [6.07, 6.45) is 1.54. The fourth-order valence-electron chi connectivity index (χ4n) is 2.49. The van der Waals surface area contributed by atoms with Gasteiger partial charge in [-0.1, -0.05) is 41.1 Å². The number of aromatic nitrogens is 1. The van der Waals surface area contributed by atoms with Crippen molar-refractivity contribution < 1.29 is 14.3 Å². The van der Waals surface area contributed by atoms with Crippen LogP contribution in [0.1, 0.15) is 16.1 Å². The summed E-state index contributed by atoms with van der Waals surface area (Å²) >= 11 is 7.51. The van der Waals surface area contributed by atoms with E-state index in [2.05, 4.69) is 15.5 Å². The summed E-state index contributed by atoms with van der Waals surface area (Å²) < 4.78 is 6.79. The molecule has 2 aromatic heterocycles. The molecule has 0 unspecified atom stereocenters. The lowest BCUT2D eigenvalue weighted by molar-refractivity contribution is 0.0697. The number of rotatable bonds is 5. The molecule has 0 radical (unpaired) electrons. The second-order valence-corrected chi connectivity index (χ2v) is 7.00. The van der Waals surface area contributed by atoms with Crippen LogP contribution in [0, 0.1) is 0 Å². The summed E-state index contributed by atoms with van der Waals surface area (Å²) in [7, 11) is 0. The number of carboxylic acids is 1. The molecule has 0 fully saturated rings. The molecular weight excluding hydrogens is 386 g/mol. The molecule has 0 aliphatic heterocycles. The summed E-state index contributed by atoms with van der Waals surface area (Å²) in [4.78, 5) is 15.5. The second-order valence-electron chi connectivity index (χ2n) is 5.56. The first-order valence-corrected chi connectivity index (χ1v) is 9.07. The fraction of sp³-hybridized carbons (Fsp3) is 0. The van der Waals surface area contributed by atoms with E-state index in [1.807, 2.05) is 24.3 Å². The van der Waals surface area contributed by atoms with Crippen molar-refractivity contribution in [1.82, 2.24) is 4.98 Å². The Morgan fingerprint density at radius 1 is 1.22 bits per heavy atom. The highest BCUT2D eigenvalue weighted by Crippen LogP contribution is 2.27. The quantitative estimate of drug-likeness (QED) is 0.350. The van der Waals surface area contributed by atoms with Crippen molar-refractivity contribution in [2.45, 2.75) is 0 Å². The maximum Gasteiger partial charge on any atom is 0.337 e. The number of fused-ring (bicyclic) bond motifs is 1. The van der Waals surface area contributed by atoms with Gasteiger partial charge < -0.3 is 9.52 Å². The zero-order valence-corrected chi connectivity index (χ0v) is 15.3. The third-order valence-corrected chi connectivity index (χ3v) is 5.01. The Morgan fingerprint density at radius 3 is 2.85 bits per heavy atom. The summed E-state index contributed by atoms with van der Waals surface area (Å²) in [5.41, 5.74) is 4.54. The van der Waals surface area contributed by atoms with E-state index in [9.17, 15) is 4.79 Å². The van der Waals surface area contributed by atoms with E-state index in [1.165, 1.54) is 17.4 Å². The van der Waals surface area contributed by atoms with Crippen molar-refractivity contribution in [3.8, 4) is 11.3 Å². The Morgan fingerprint density at radius 2 is 2.07 bits per heavy atom. The van der Waals surface area contributed by atoms with Crippen LogP contribution in [0.5, 0.6) is 0 Å². The SMILES string of the molecule is O=C(O)c1ccc(-c2ccc(C=NNc3nc4ccccc4s3)o2)cc1Cl. The molecule has 27 heavy (non-hydrogen) atoms. The monoisotopic (exact) mass is 397 g/mol. The normalized spacial score (nSPS) is 11.3. The smallest absolute Gasteiger partial charge is 0.337 e. The number of nitrogens with one attached hydrogen (secondary N) is 1. The van der Waals surface area contributed by atoms with Crippen LogP contribution in [0.4, 0.5) is 5.13 Å². The molecule has 0 amide bonds. The highest BCUT2D eigenvalue weighted by molar-refractivity contribution is 7.22. The van der Waals surface area contributed by atoms with Crippen LogP contribution in [-0.2, 0) is 0 Å². The van der Waals surface area contributed by atoms with Crippen LogP contribution in [-0.4, -0.2) is 22.3 Å². The largest absolute Gasteiger partial charge is 0.478 e. The Balaban J connectivity index is 1.48. The molecule has 8 heteroatoms. The number of furan rings is 1. The third kappa shape index (κ3) is 3.69. The maximum absolute atomic E-state index is 11.0. The number of aromatic carboxylic acids is 1. The molecule has 2 aromatic carbocycles. The Bertz CT molecular complexity index is 1130. The molecule has 4 aromatic rings. The number of hydrogen-bond acceptors (Lipinski definition) is 6. The summed E-state index contributed by atoms with van der Waals surface area (Å²) in [6.45, 7) is 0. The van der Waals surface area contributed by atoms with Gasteiger partial charge in [0.2, 0.25) is 5.13 Å². The molecule has 2 N–H and O–H groups in total. The zero-order chi connectivity index (χ0) is 18.8. The van der Waals surface area contributed by atoms with Gasteiger partial charge in [-0.05, 0) is 36.4 Å². The number of carboxylic acid groups (broad SMARTS) is 1. The number of para-hydroxylation sites is 1. The highest BCUT2D eigenvalue weighted by Gasteiger charge is 2.11. The van der Waals surface area contributed by atoms with Crippen molar-refractivity contribution >= 4 is 50.5 Å². The molecular formula is C19H12ClN3O3S. The van der Waals surface area contributed by atoms with Crippen molar-refractivity contribution in [3.63, 3.8) is 0 Å². The van der Waals surface area contributed by atoms with Crippen LogP contribution in [0.3, 0.4) is 0 Å². The average Bonchev–Trinajstić information content (AvgIpc) is 3.28. The molecule has 0 saturated heterocycles. The number of benzene rings is 2. The summed E-state index contributed by atoms with van der Waals surface area (Å²) in [5, 5.41) is 14.0. The van der Waals surface area contributed by atoms with Gasteiger partial charge in [0, 0.05) is 5.56 Å². The van der Waals surface area contributed by atoms with Gasteiger partial charge in [-0.15, -0.1) is 0 Å². The molecule has 2 heterocycles. The van der Waals surface area contributed by atoms with Crippen molar-refractivity contribution in [1.29, 1.82) is 0 Å². The van der Waals surface area contributed by atoms with E-state index in [0.717, 1.165) is 10.2 Å². The zero-order valence-electron chi connectivity index (χ0n) is 13.7. The van der Waals surface area contributed by atoms with Crippen LogP contribution < -0.4 is 5.43 Å². The number of anilines is 1. The number of hydrazone groups is 1. The minimum absolute atomic E-state index is 0.0498. The predicted molar refractivity (Wildman–Crippen MR) is 107 cm³/mol. The molecule has 4 rings (SSSR count). The number of nitrogens with zero attached hydrogens (tertiary/aromatic N) is 2. The Hall–Kier alpha value is -3.16. The van der Waals surface area contributed by atoms with E-state index in [-0.39, 0.29) is 10.6 Å². The van der Waals surface area contributed by atoms with Crippen molar-refractivity contribution in [3.05, 3.63) is 70.9 Å².